The number of para-hydroxylation sites is 2. The molecule has 5 aromatic rings. The smallest absolute Gasteiger partial charge is 0.257 e. The average molecular weight is 410 g/mol. The minimum absolute atomic E-state index is 0.239. The third-order valence-corrected chi connectivity index (χ3v) is 5.16. The number of ether oxygens (including phenoxy) is 1. The molecule has 5 rings (SSSR count). The molecule has 0 bridgehead atoms. The van der Waals surface area contributed by atoms with Crippen LogP contribution in [0, 0.1) is 0 Å². The number of anilines is 1. The Morgan fingerprint density at radius 2 is 1.77 bits per heavy atom. The standard InChI is InChI=1S/C24H18N4O3/c1-31-21-11-10-14(22-26-18-8-4-5-9-19(18)27-22)12-20(21)28-24(30)17-13-25-23(29)16-7-3-2-6-15(16)17/h2-13H,1H3,(H,25,29)(H,26,27)(H,28,30). The molecule has 0 aliphatic heterocycles. The number of carbonyl (C=O) groups excluding carboxylic acids is 1. The van der Waals surface area contributed by atoms with Crippen LogP contribution in [0.5, 0.6) is 5.75 Å². The number of fused-ring (bicyclic) bond motifs is 2. The number of rotatable bonds is 4. The summed E-state index contributed by atoms with van der Waals surface area (Å²) in [4.78, 5) is 35.7. The summed E-state index contributed by atoms with van der Waals surface area (Å²) in [7, 11) is 1.54. The van der Waals surface area contributed by atoms with Crippen molar-refractivity contribution in [2.45, 2.75) is 0 Å². The molecule has 7 nitrogen and oxygen atoms in total. The molecule has 31 heavy (non-hydrogen) atoms. The van der Waals surface area contributed by atoms with Crippen LogP contribution in [-0.4, -0.2) is 28.0 Å². The van der Waals surface area contributed by atoms with Crippen LogP contribution in [0.25, 0.3) is 33.2 Å². The zero-order chi connectivity index (χ0) is 21.4. The summed E-state index contributed by atoms with van der Waals surface area (Å²) >= 11 is 0. The van der Waals surface area contributed by atoms with E-state index in [1.807, 2.05) is 36.4 Å². The van der Waals surface area contributed by atoms with Crippen LogP contribution in [0.3, 0.4) is 0 Å². The van der Waals surface area contributed by atoms with Gasteiger partial charge in [-0.25, -0.2) is 4.98 Å². The predicted octanol–water partition coefficient (Wildman–Crippen LogP) is 4.33. The van der Waals surface area contributed by atoms with Crippen LogP contribution in [-0.2, 0) is 0 Å². The maximum atomic E-state index is 13.1. The molecule has 3 N–H and O–H groups in total. The Bertz CT molecular complexity index is 1470. The summed E-state index contributed by atoms with van der Waals surface area (Å²) in [5.41, 5.74) is 3.22. The van der Waals surface area contributed by atoms with E-state index in [2.05, 4.69) is 20.3 Å². The Morgan fingerprint density at radius 3 is 2.58 bits per heavy atom. The van der Waals surface area contributed by atoms with E-state index >= 15 is 0 Å². The molecule has 1 amide bonds. The highest BCUT2D eigenvalue weighted by atomic mass is 16.5. The molecule has 2 aromatic heterocycles. The summed E-state index contributed by atoms with van der Waals surface area (Å²) < 4.78 is 5.44. The number of H-pyrrole nitrogens is 2. The van der Waals surface area contributed by atoms with Gasteiger partial charge in [0.1, 0.15) is 11.6 Å². The molecule has 3 aromatic carbocycles. The van der Waals surface area contributed by atoms with Crippen molar-refractivity contribution in [2.75, 3.05) is 12.4 Å². The van der Waals surface area contributed by atoms with Crippen LogP contribution < -0.4 is 15.6 Å². The van der Waals surface area contributed by atoms with Crippen molar-refractivity contribution in [3.05, 3.63) is 88.8 Å². The van der Waals surface area contributed by atoms with E-state index in [1.54, 1.807) is 37.4 Å². The lowest BCUT2D eigenvalue weighted by atomic mass is 10.1. The first-order chi connectivity index (χ1) is 15.1. The van der Waals surface area contributed by atoms with Gasteiger partial charge in [0.2, 0.25) is 0 Å². The minimum Gasteiger partial charge on any atom is -0.495 e. The monoisotopic (exact) mass is 410 g/mol. The predicted molar refractivity (Wildman–Crippen MR) is 121 cm³/mol. The first-order valence-corrected chi connectivity index (χ1v) is 9.69. The third-order valence-electron chi connectivity index (χ3n) is 5.16. The van der Waals surface area contributed by atoms with Gasteiger partial charge >= 0.3 is 0 Å². The second-order valence-corrected chi connectivity index (χ2v) is 7.05. The number of pyridine rings is 1. The van der Waals surface area contributed by atoms with Gasteiger partial charge < -0.3 is 20.0 Å². The number of carbonyl (C=O) groups is 1. The Labute approximate surface area is 176 Å². The van der Waals surface area contributed by atoms with E-state index in [4.69, 9.17) is 4.74 Å². The summed E-state index contributed by atoms with van der Waals surface area (Å²) in [5, 5.41) is 3.94. The van der Waals surface area contributed by atoms with Crippen LogP contribution in [0.15, 0.2) is 77.7 Å². The Hall–Kier alpha value is -4.39. The van der Waals surface area contributed by atoms with Gasteiger partial charge in [-0.15, -0.1) is 0 Å². The lowest BCUT2D eigenvalue weighted by molar-refractivity contribution is 0.102. The molecule has 0 aliphatic carbocycles. The highest BCUT2D eigenvalue weighted by Gasteiger charge is 2.16. The number of imidazole rings is 1. The molecular weight excluding hydrogens is 392 g/mol. The van der Waals surface area contributed by atoms with Gasteiger partial charge in [-0.2, -0.15) is 0 Å². The first-order valence-electron chi connectivity index (χ1n) is 9.69. The van der Waals surface area contributed by atoms with Gasteiger partial charge in [0, 0.05) is 22.5 Å². The number of aromatic nitrogens is 3. The van der Waals surface area contributed by atoms with E-state index in [9.17, 15) is 9.59 Å². The second kappa shape index (κ2) is 7.46. The van der Waals surface area contributed by atoms with Gasteiger partial charge in [0.15, 0.2) is 0 Å². The third kappa shape index (κ3) is 3.32. The Morgan fingerprint density at radius 1 is 1.00 bits per heavy atom. The van der Waals surface area contributed by atoms with Crippen LogP contribution in [0.4, 0.5) is 5.69 Å². The van der Waals surface area contributed by atoms with Crippen molar-refractivity contribution >= 4 is 33.4 Å². The fourth-order valence-electron chi connectivity index (χ4n) is 3.63. The highest BCUT2D eigenvalue weighted by molar-refractivity contribution is 6.13. The fourth-order valence-corrected chi connectivity index (χ4v) is 3.63. The van der Waals surface area contributed by atoms with Gasteiger partial charge in [-0.1, -0.05) is 30.3 Å². The molecule has 0 radical (unpaired) electrons. The molecule has 0 saturated heterocycles. The van der Waals surface area contributed by atoms with Crippen LogP contribution in [0.2, 0.25) is 0 Å². The van der Waals surface area contributed by atoms with E-state index < -0.39 is 0 Å². The van der Waals surface area contributed by atoms with Crippen molar-refractivity contribution in [3.8, 4) is 17.1 Å². The molecule has 0 atom stereocenters. The number of amides is 1. The van der Waals surface area contributed by atoms with Crippen molar-refractivity contribution in [1.82, 2.24) is 15.0 Å². The quantitative estimate of drug-likeness (QED) is 0.410. The number of hydrogen-bond acceptors (Lipinski definition) is 4. The lowest BCUT2D eigenvalue weighted by Crippen LogP contribution is -2.16. The topological polar surface area (TPSA) is 99.9 Å². The molecular formula is C24H18N4O3. The summed E-state index contributed by atoms with van der Waals surface area (Å²) in [5.74, 6) is 0.850. The maximum absolute atomic E-state index is 13.1. The number of aromatic amines is 2. The lowest BCUT2D eigenvalue weighted by Gasteiger charge is -2.12. The summed E-state index contributed by atoms with van der Waals surface area (Å²) in [6.07, 6.45) is 1.43. The summed E-state index contributed by atoms with van der Waals surface area (Å²) in [6.45, 7) is 0. The number of methoxy groups -OCH3 is 1. The van der Waals surface area contributed by atoms with Crippen molar-refractivity contribution in [1.29, 1.82) is 0 Å². The number of nitrogens with zero attached hydrogens (tertiary/aromatic N) is 1. The molecule has 2 heterocycles. The maximum Gasteiger partial charge on any atom is 0.257 e. The number of benzene rings is 3. The molecule has 0 aliphatic rings. The van der Waals surface area contributed by atoms with Crippen molar-refractivity contribution in [3.63, 3.8) is 0 Å². The van der Waals surface area contributed by atoms with Crippen molar-refractivity contribution < 1.29 is 9.53 Å². The average Bonchev–Trinajstić information content (AvgIpc) is 3.24. The fraction of sp³-hybridized carbons (Fsp3) is 0.0417. The first kappa shape index (κ1) is 18.6. The molecule has 0 fully saturated rings. The minimum atomic E-state index is -0.354. The van der Waals surface area contributed by atoms with E-state index in [0.717, 1.165) is 16.6 Å². The van der Waals surface area contributed by atoms with Crippen LogP contribution >= 0.6 is 0 Å². The van der Waals surface area contributed by atoms with Gasteiger partial charge in [-0.05, 0) is 36.4 Å². The molecule has 0 spiro atoms. The normalized spacial score (nSPS) is 11.0. The van der Waals surface area contributed by atoms with E-state index in [1.165, 1.54) is 6.20 Å². The van der Waals surface area contributed by atoms with Crippen LogP contribution in [0.1, 0.15) is 10.4 Å². The van der Waals surface area contributed by atoms with Crippen molar-refractivity contribution in [2.24, 2.45) is 0 Å². The van der Waals surface area contributed by atoms with Gasteiger partial charge in [0.05, 0.1) is 29.4 Å². The van der Waals surface area contributed by atoms with E-state index in [-0.39, 0.29) is 11.5 Å². The van der Waals surface area contributed by atoms with Gasteiger partial charge in [-0.3, -0.25) is 9.59 Å². The number of hydrogen-bond donors (Lipinski definition) is 3. The Kier molecular flexibility index (Phi) is 4.48. The molecule has 7 heteroatoms. The Balaban J connectivity index is 1.54. The zero-order valence-electron chi connectivity index (χ0n) is 16.6. The SMILES string of the molecule is COc1ccc(-c2nc3ccccc3[nH]2)cc1NC(=O)c1c[nH]c(=O)c2ccccc12. The van der Waals surface area contributed by atoms with E-state index in [0.29, 0.717) is 33.6 Å². The summed E-state index contributed by atoms with van der Waals surface area (Å²) in [6, 6.07) is 20.2. The number of nitrogens with one attached hydrogen (secondary N) is 3. The molecule has 0 saturated carbocycles. The van der Waals surface area contributed by atoms with Gasteiger partial charge in [0.25, 0.3) is 11.5 Å². The molecule has 0 unspecified atom stereocenters. The largest absolute Gasteiger partial charge is 0.495 e. The zero-order valence-corrected chi connectivity index (χ0v) is 16.6. The second-order valence-electron chi connectivity index (χ2n) is 7.05. The molecule has 152 valence electrons. The highest BCUT2D eigenvalue weighted by Crippen LogP contribution is 2.31.